The fourth-order valence-electron chi connectivity index (χ4n) is 4.06. The van der Waals surface area contributed by atoms with Crippen LogP contribution in [0.15, 0.2) is 54.6 Å². The number of tetrazole rings is 1. The largest absolute Gasteiger partial charge is 0.290 e. The molecule has 6 heteroatoms. The molecule has 3 aromatic rings. The standard InChI is InChI=1S/C23H26N6/c24-18-20-10-12-21(13-11-20)22(28-15-6-1-2-7-16-28)23-25-26-27-29(23)17-14-19-8-4-3-5-9-19/h3-5,8-13,22H,1-2,6-7,14-17H2/t22-/m1/s1. The summed E-state index contributed by atoms with van der Waals surface area (Å²) in [5, 5.41) is 21.9. The van der Waals surface area contributed by atoms with E-state index in [-0.39, 0.29) is 6.04 Å². The van der Waals surface area contributed by atoms with E-state index < -0.39 is 0 Å². The van der Waals surface area contributed by atoms with E-state index in [0.717, 1.165) is 37.4 Å². The third-order valence-corrected chi connectivity index (χ3v) is 5.62. The van der Waals surface area contributed by atoms with E-state index >= 15 is 0 Å². The number of rotatable bonds is 6. The Morgan fingerprint density at radius 3 is 2.34 bits per heavy atom. The topological polar surface area (TPSA) is 70.6 Å². The Morgan fingerprint density at radius 1 is 0.931 bits per heavy atom. The smallest absolute Gasteiger partial charge is 0.173 e. The van der Waals surface area contributed by atoms with Crippen LogP contribution in [-0.4, -0.2) is 38.2 Å². The van der Waals surface area contributed by atoms with Crippen molar-refractivity contribution in [2.45, 2.75) is 44.7 Å². The first-order valence-electron chi connectivity index (χ1n) is 10.4. The van der Waals surface area contributed by atoms with E-state index in [1.807, 2.05) is 35.0 Å². The highest BCUT2D eigenvalue weighted by molar-refractivity contribution is 5.34. The van der Waals surface area contributed by atoms with Crippen LogP contribution < -0.4 is 0 Å². The molecule has 6 nitrogen and oxygen atoms in total. The van der Waals surface area contributed by atoms with Gasteiger partial charge in [-0.1, -0.05) is 55.3 Å². The number of nitriles is 1. The van der Waals surface area contributed by atoms with E-state index in [4.69, 9.17) is 5.26 Å². The van der Waals surface area contributed by atoms with Gasteiger partial charge < -0.3 is 0 Å². The maximum Gasteiger partial charge on any atom is 0.173 e. The van der Waals surface area contributed by atoms with Gasteiger partial charge in [0, 0.05) is 6.54 Å². The van der Waals surface area contributed by atoms with Gasteiger partial charge in [-0.2, -0.15) is 5.26 Å². The van der Waals surface area contributed by atoms with E-state index in [1.54, 1.807) is 0 Å². The molecule has 0 unspecified atom stereocenters. The number of hydrogen-bond donors (Lipinski definition) is 0. The van der Waals surface area contributed by atoms with Gasteiger partial charge in [-0.3, -0.25) is 4.90 Å². The normalized spacial score (nSPS) is 16.1. The zero-order valence-corrected chi connectivity index (χ0v) is 16.6. The Kier molecular flexibility index (Phi) is 6.28. The lowest BCUT2D eigenvalue weighted by Gasteiger charge is -2.30. The second kappa shape index (κ2) is 9.44. The van der Waals surface area contributed by atoms with Crippen molar-refractivity contribution < 1.29 is 0 Å². The summed E-state index contributed by atoms with van der Waals surface area (Å²) in [5.74, 6) is 0.882. The molecule has 0 bridgehead atoms. The molecule has 1 aliphatic heterocycles. The zero-order valence-electron chi connectivity index (χ0n) is 16.6. The summed E-state index contributed by atoms with van der Waals surface area (Å²) in [4.78, 5) is 2.50. The van der Waals surface area contributed by atoms with E-state index in [0.29, 0.717) is 5.56 Å². The van der Waals surface area contributed by atoms with E-state index in [2.05, 4.69) is 50.8 Å². The molecular formula is C23H26N6. The first-order valence-corrected chi connectivity index (χ1v) is 10.4. The summed E-state index contributed by atoms with van der Waals surface area (Å²) in [5.41, 5.74) is 3.09. The molecule has 1 fully saturated rings. The van der Waals surface area contributed by atoms with Crippen LogP contribution in [0.2, 0.25) is 0 Å². The number of aryl methyl sites for hydroxylation is 2. The molecule has 1 aliphatic rings. The third-order valence-electron chi connectivity index (χ3n) is 5.62. The number of likely N-dealkylation sites (tertiary alicyclic amines) is 1. The van der Waals surface area contributed by atoms with Crippen molar-refractivity contribution in [2.75, 3.05) is 13.1 Å². The number of nitrogens with zero attached hydrogens (tertiary/aromatic N) is 6. The van der Waals surface area contributed by atoms with Crippen LogP contribution >= 0.6 is 0 Å². The van der Waals surface area contributed by atoms with Crippen LogP contribution in [0.5, 0.6) is 0 Å². The van der Waals surface area contributed by atoms with Crippen LogP contribution in [0.4, 0.5) is 0 Å². The lowest BCUT2D eigenvalue weighted by Crippen LogP contribution is -2.33. The molecule has 0 spiro atoms. The van der Waals surface area contributed by atoms with E-state index in [9.17, 15) is 0 Å². The van der Waals surface area contributed by atoms with Crippen molar-refractivity contribution in [3.8, 4) is 6.07 Å². The van der Waals surface area contributed by atoms with Gasteiger partial charge in [0.15, 0.2) is 5.82 Å². The Labute approximate surface area is 171 Å². The van der Waals surface area contributed by atoms with Crippen molar-refractivity contribution in [3.63, 3.8) is 0 Å². The molecule has 0 amide bonds. The second-order valence-corrected chi connectivity index (χ2v) is 7.58. The molecule has 148 valence electrons. The quantitative estimate of drug-likeness (QED) is 0.645. The third kappa shape index (κ3) is 4.69. The molecule has 1 atom stereocenters. The van der Waals surface area contributed by atoms with Gasteiger partial charge in [0.2, 0.25) is 0 Å². The lowest BCUT2D eigenvalue weighted by molar-refractivity contribution is 0.221. The highest BCUT2D eigenvalue weighted by Crippen LogP contribution is 2.29. The van der Waals surface area contributed by atoms with Gasteiger partial charge >= 0.3 is 0 Å². The molecule has 0 radical (unpaired) electrons. The number of hydrogen-bond acceptors (Lipinski definition) is 5. The van der Waals surface area contributed by atoms with Crippen LogP contribution in [0, 0.1) is 11.3 Å². The Balaban J connectivity index is 1.64. The van der Waals surface area contributed by atoms with Gasteiger partial charge in [-0.15, -0.1) is 5.10 Å². The molecule has 0 aliphatic carbocycles. The first kappa shape index (κ1) is 19.3. The Morgan fingerprint density at radius 2 is 1.66 bits per heavy atom. The second-order valence-electron chi connectivity index (χ2n) is 7.58. The summed E-state index contributed by atoms with van der Waals surface area (Å²) in [6, 6.07) is 20.5. The summed E-state index contributed by atoms with van der Waals surface area (Å²) in [6.45, 7) is 2.82. The summed E-state index contributed by atoms with van der Waals surface area (Å²) < 4.78 is 1.95. The highest BCUT2D eigenvalue weighted by atomic mass is 15.5. The average Bonchev–Trinajstić information content (AvgIpc) is 3.06. The van der Waals surface area contributed by atoms with Crippen LogP contribution in [0.3, 0.4) is 0 Å². The minimum absolute atomic E-state index is 0.00613. The molecule has 4 rings (SSSR count). The van der Waals surface area contributed by atoms with Gasteiger partial charge in [-0.05, 0) is 66.0 Å². The maximum atomic E-state index is 9.16. The van der Waals surface area contributed by atoms with Crippen LogP contribution in [0.25, 0.3) is 0 Å². The lowest BCUT2D eigenvalue weighted by atomic mass is 10.0. The Bertz CT molecular complexity index is 934. The van der Waals surface area contributed by atoms with Gasteiger partial charge in [-0.25, -0.2) is 4.68 Å². The molecule has 2 heterocycles. The predicted molar refractivity (Wildman–Crippen MR) is 111 cm³/mol. The number of benzene rings is 2. The molecule has 2 aromatic carbocycles. The fourth-order valence-corrected chi connectivity index (χ4v) is 4.06. The minimum Gasteiger partial charge on any atom is -0.290 e. The maximum absolute atomic E-state index is 9.16. The predicted octanol–water partition coefficient (Wildman–Crippen LogP) is 3.75. The van der Waals surface area contributed by atoms with Crippen LogP contribution in [0.1, 0.15) is 54.2 Å². The minimum atomic E-state index is 0.00613. The zero-order chi connectivity index (χ0) is 19.9. The molecule has 1 aromatic heterocycles. The summed E-state index contributed by atoms with van der Waals surface area (Å²) in [7, 11) is 0. The first-order chi connectivity index (χ1) is 14.3. The van der Waals surface area contributed by atoms with Gasteiger partial charge in [0.1, 0.15) is 0 Å². The highest BCUT2D eigenvalue weighted by Gasteiger charge is 2.28. The Hall–Kier alpha value is -3.04. The van der Waals surface area contributed by atoms with Gasteiger partial charge in [0.25, 0.3) is 0 Å². The number of aromatic nitrogens is 4. The summed E-state index contributed by atoms with van der Waals surface area (Å²) in [6.07, 6.45) is 5.82. The van der Waals surface area contributed by atoms with Crippen molar-refractivity contribution in [1.82, 2.24) is 25.1 Å². The van der Waals surface area contributed by atoms with Crippen LogP contribution in [-0.2, 0) is 13.0 Å². The fraction of sp³-hybridized carbons (Fsp3) is 0.391. The molecule has 0 saturated carbocycles. The SMILES string of the molecule is N#Cc1ccc([C@H](c2nnnn2CCc2ccccc2)N2CCCCCC2)cc1. The molecule has 1 saturated heterocycles. The molecular weight excluding hydrogens is 360 g/mol. The average molecular weight is 387 g/mol. The molecule has 0 N–H and O–H groups in total. The molecule has 29 heavy (non-hydrogen) atoms. The summed E-state index contributed by atoms with van der Waals surface area (Å²) >= 11 is 0. The van der Waals surface area contributed by atoms with Gasteiger partial charge in [0.05, 0.1) is 17.7 Å². The van der Waals surface area contributed by atoms with Crippen molar-refractivity contribution >= 4 is 0 Å². The van der Waals surface area contributed by atoms with E-state index in [1.165, 1.54) is 31.2 Å². The monoisotopic (exact) mass is 386 g/mol. The van der Waals surface area contributed by atoms with Crippen molar-refractivity contribution in [1.29, 1.82) is 5.26 Å². The van der Waals surface area contributed by atoms with Crippen molar-refractivity contribution in [3.05, 3.63) is 77.1 Å². The van der Waals surface area contributed by atoms with Crippen molar-refractivity contribution in [2.24, 2.45) is 0 Å².